The van der Waals surface area contributed by atoms with Crippen LogP contribution in [-0.2, 0) is 10.0 Å². The van der Waals surface area contributed by atoms with Crippen molar-refractivity contribution in [2.75, 3.05) is 11.9 Å². The maximum atomic E-state index is 12.7. The van der Waals surface area contributed by atoms with Crippen molar-refractivity contribution in [3.05, 3.63) is 18.3 Å². The van der Waals surface area contributed by atoms with Crippen molar-refractivity contribution in [2.24, 2.45) is 11.8 Å². The van der Waals surface area contributed by atoms with Gasteiger partial charge in [-0.2, -0.15) is 0 Å². The third kappa shape index (κ3) is 3.55. The molecule has 2 saturated carbocycles. The zero-order chi connectivity index (χ0) is 14.9. The van der Waals surface area contributed by atoms with Gasteiger partial charge in [0.2, 0.25) is 0 Å². The number of hydrogen-bond donors (Lipinski definition) is 2. The van der Waals surface area contributed by atoms with Crippen molar-refractivity contribution >= 4 is 15.7 Å². The summed E-state index contributed by atoms with van der Waals surface area (Å²) >= 11 is 0. The molecule has 0 amide bonds. The number of nitrogens with one attached hydrogen (secondary N) is 2. The van der Waals surface area contributed by atoms with E-state index in [0.29, 0.717) is 17.5 Å². The predicted molar refractivity (Wildman–Crippen MR) is 82.6 cm³/mol. The molecule has 0 bridgehead atoms. The van der Waals surface area contributed by atoms with Gasteiger partial charge in [-0.1, -0.05) is 6.92 Å². The summed E-state index contributed by atoms with van der Waals surface area (Å²) < 4.78 is 28.3. The number of hydrogen-bond acceptors (Lipinski definition) is 4. The minimum atomic E-state index is -3.55. The first-order chi connectivity index (χ1) is 10.1. The van der Waals surface area contributed by atoms with Gasteiger partial charge in [-0.25, -0.2) is 18.1 Å². The maximum Gasteiger partial charge on any atom is 0.260 e. The normalized spacial score (nSPS) is 19.0. The monoisotopic (exact) mass is 309 g/mol. The summed E-state index contributed by atoms with van der Waals surface area (Å²) in [5.74, 6) is 1.06. The summed E-state index contributed by atoms with van der Waals surface area (Å²) in [4.78, 5) is 4.10. The molecule has 0 spiro atoms. The fraction of sp³-hybridized carbons (Fsp3) is 0.667. The highest BCUT2D eigenvalue weighted by molar-refractivity contribution is 7.89. The molecule has 0 aliphatic heterocycles. The van der Waals surface area contributed by atoms with Crippen LogP contribution in [0.4, 0.5) is 5.69 Å². The van der Waals surface area contributed by atoms with Gasteiger partial charge >= 0.3 is 0 Å². The Hall–Kier alpha value is -1.14. The van der Waals surface area contributed by atoms with Gasteiger partial charge in [-0.15, -0.1) is 0 Å². The zero-order valence-corrected chi connectivity index (χ0v) is 13.2. The van der Waals surface area contributed by atoms with E-state index in [0.717, 1.165) is 38.6 Å². The van der Waals surface area contributed by atoms with Crippen molar-refractivity contribution < 1.29 is 8.42 Å². The lowest BCUT2D eigenvalue weighted by molar-refractivity contribution is 0.470. The van der Waals surface area contributed by atoms with Gasteiger partial charge < -0.3 is 5.32 Å². The second kappa shape index (κ2) is 5.93. The summed E-state index contributed by atoms with van der Waals surface area (Å²) in [6, 6.07) is 3.65. The molecule has 0 unspecified atom stereocenters. The molecule has 5 nitrogen and oxygen atoms in total. The summed E-state index contributed by atoms with van der Waals surface area (Å²) in [6.45, 7) is 2.79. The number of rotatable bonds is 8. The Balaban J connectivity index is 1.80. The van der Waals surface area contributed by atoms with E-state index in [2.05, 4.69) is 15.0 Å². The van der Waals surface area contributed by atoms with Crippen LogP contribution in [0.5, 0.6) is 0 Å². The molecule has 2 aliphatic rings. The molecule has 6 heteroatoms. The summed E-state index contributed by atoms with van der Waals surface area (Å²) in [5.41, 5.74) is 0.595. The van der Waals surface area contributed by atoms with Crippen molar-refractivity contribution in [1.29, 1.82) is 0 Å². The lowest BCUT2D eigenvalue weighted by atomic mass is 10.1. The van der Waals surface area contributed by atoms with E-state index in [-0.39, 0.29) is 11.1 Å². The van der Waals surface area contributed by atoms with Crippen LogP contribution in [0.1, 0.15) is 39.0 Å². The number of anilines is 1. The van der Waals surface area contributed by atoms with Gasteiger partial charge in [0.1, 0.15) is 0 Å². The minimum Gasteiger partial charge on any atom is -0.383 e. The third-order valence-electron chi connectivity index (χ3n) is 4.14. The van der Waals surface area contributed by atoms with E-state index in [1.54, 1.807) is 12.1 Å². The Morgan fingerprint density at radius 1 is 1.29 bits per heavy atom. The quantitative estimate of drug-likeness (QED) is 0.773. The van der Waals surface area contributed by atoms with Gasteiger partial charge in [0.25, 0.3) is 10.0 Å². The SMILES string of the molecule is CCCNc1cccnc1S(=O)(=O)NC(C1CC1)C1CC1. The van der Waals surface area contributed by atoms with Crippen LogP contribution in [0.3, 0.4) is 0 Å². The summed E-state index contributed by atoms with van der Waals surface area (Å²) in [5, 5.41) is 3.28. The van der Waals surface area contributed by atoms with E-state index in [9.17, 15) is 8.42 Å². The molecule has 1 heterocycles. The van der Waals surface area contributed by atoms with Gasteiger partial charge in [0.15, 0.2) is 5.03 Å². The smallest absolute Gasteiger partial charge is 0.260 e. The Morgan fingerprint density at radius 2 is 1.95 bits per heavy atom. The van der Waals surface area contributed by atoms with Gasteiger partial charge in [-0.3, -0.25) is 0 Å². The molecule has 1 aromatic rings. The highest BCUT2D eigenvalue weighted by Gasteiger charge is 2.43. The topological polar surface area (TPSA) is 71.1 Å². The number of pyridine rings is 1. The molecule has 0 radical (unpaired) electrons. The fourth-order valence-electron chi connectivity index (χ4n) is 2.72. The molecule has 0 atom stereocenters. The van der Waals surface area contributed by atoms with Crippen LogP contribution in [-0.4, -0.2) is 26.0 Å². The second-order valence-electron chi connectivity index (χ2n) is 6.10. The van der Waals surface area contributed by atoms with Crippen LogP contribution in [0.2, 0.25) is 0 Å². The van der Waals surface area contributed by atoms with Crippen molar-refractivity contribution in [3.8, 4) is 0 Å². The molecular formula is C15H23N3O2S. The van der Waals surface area contributed by atoms with E-state index in [1.165, 1.54) is 6.20 Å². The van der Waals surface area contributed by atoms with Crippen molar-refractivity contribution in [1.82, 2.24) is 9.71 Å². The van der Waals surface area contributed by atoms with Gasteiger partial charge in [0.05, 0.1) is 5.69 Å². The van der Waals surface area contributed by atoms with Crippen LogP contribution in [0.25, 0.3) is 0 Å². The Bertz CT molecular complexity index is 583. The van der Waals surface area contributed by atoms with Crippen molar-refractivity contribution in [2.45, 2.75) is 50.1 Å². The number of aromatic nitrogens is 1. The molecule has 0 aromatic carbocycles. The van der Waals surface area contributed by atoms with E-state index >= 15 is 0 Å². The van der Waals surface area contributed by atoms with Crippen LogP contribution in [0.15, 0.2) is 23.4 Å². The highest BCUT2D eigenvalue weighted by Crippen LogP contribution is 2.45. The first kappa shape index (κ1) is 14.8. The first-order valence-corrected chi connectivity index (χ1v) is 9.31. The van der Waals surface area contributed by atoms with Crippen molar-refractivity contribution in [3.63, 3.8) is 0 Å². The minimum absolute atomic E-state index is 0.107. The summed E-state index contributed by atoms with van der Waals surface area (Å²) in [7, 11) is -3.55. The number of nitrogens with zero attached hydrogens (tertiary/aromatic N) is 1. The Labute approximate surface area is 126 Å². The molecule has 1 aromatic heterocycles. The average molecular weight is 309 g/mol. The molecule has 3 rings (SSSR count). The van der Waals surface area contributed by atoms with Gasteiger partial charge in [-0.05, 0) is 56.1 Å². The molecule has 0 saturated heterocycles. The standard InChI is InChI=1S/C15H23N3O2S/c1-2-9-16-13-4-3-10-17-15(13)21(19,20)18-14(11-5-6-11)12-7-8-12/h3-4,10-12,14,16,18H,2,5-9H2,1H3. The molecule has 2 fully saturated rings. The average Bonchev–Trinajstić information content (AvgIpc) is 3.36. The second-order valence-corrected chi connectivity index (χ2v) is 7.73. The Morgan fingerprint density at radius 3 is 2.52 bits per heavy atom. The molecule has 21 heavy (non-hydrogen) atoms. The lowest BCUT2D eigenvalue weighted by Crippen LogP contribution is -2.38. The number of sulfonamides is 1. The van der Waals surface area contributed by atoms with E-state index < -0.39 is 10.0 Å². The molecule has 2 aliphatic carbocycles. The first-order valence-electron chi connectivity index (χ1n) is 7.83. The van der Waals surface area contributed by atoms with E-state index in [1.807, 2.05) is 6.92 Å². The molecule has 2 N–H and O–H groups in total. The molecule has 116 valence electrons. The maximum absolute atomic E-state index is 12.7. The largest absolute Gasteiger partial charge is 0.383 e. The highest BCUT2D eigenvalue weighted by atomic mass is 32.2. The van der Waals surface area contributed by atoms with Crippen LogP contribution < -0.4 is 10.0 Å². The predicted octanol–water partition coefficient (Wildman–Crippen LogP) is 2.37. The third-order valence-corrected chi connectivity index (χ3v) is 5.56. The fourth-order valence-corrected chi connectivity index (χ4v) is 4.21. The molecular weight excluding hydrogens is 286 g/mol. The van der Waals surface area contributed by atoms with Crippen LogP contribution in [0, 0.1) is 11.8 Å². The van der Waals surface area contributed by atoms with Crippen LogP contribution >= 0.6 is 0 Å². The summed E-state index contributed by atoms with van der Waals surface area (Å²) in [6.07, 6.45) is 7.06. The lowest BCUT2D eigenvalue weighted by Gasteiger charge is -2.18. The van der Waals surface area contributed by atoms with E-state index in [4.69, 9.17) is 0 Å². The van der Waals surface area contributed by atoms with Gasteiger partial charge in [0, 0.05) is 18.8 Å². The zero-order valence-electron chi connectivity index (χ0n) is 12.4. The Kier molecular flexibility index (Phi) is 4.17.